The van der Waals surface area contributed by atoms with Crippen molar-refractivity contribution in [1.29, 1.82) is 5.26 Å². The van der Waals surface area contributed by atoms with Crippen molar-refractivity contribution in [2.24, 2.45) is 0 Å². The highest BCUT2D eigenvalue weighted by atomic mass is 35.5. The lowest BCUT2D eigenvalue weighted by atomic mass is 10.2. The van der Waals surface area contributed by atoms with Crippen molar-refractivity contribution in [1.82, 2.24) is 29.9 Å². The van der Waals surface area contributed by atoms with E-state index < -0.39 is 0 Å². The summed E-state index contributed by atoms with van der Waals surface area (Å²) in [6, 6.07) is 20.9. The monoisotopic (exact) mass is 565 g/mol. The third kappa shape index (κ3) is 6.21. The standard InChI is InChI=1S/C15H10N4S.C14H10ClN3S/c1-10-14(13-6-2-5-12(8-16)19-13)20-15(18-10)11-4-3-7-17-9-11;1-9-13(11-5-2-6-12(15)18-11)19-14(17-9)10-4-3-7-16-8-10/h2-7,9H,1H3;2-8H,1H3. The highest BCUT2D eigenvalue weighted by molar-refractivity contribution is 7.18. The Morgan fingerprint density at radius 1 is 0.667 bits per heavy atom. The van der Waals surface area contributed by atoms with E-state index >= 15 is 0 Å². The lowest BCUT2D eigenvalue weighted by Gasteiger charge is -1.97. The van der Waals surface area contributed by atoms with Crippen molar-refractivity contribution in [3.05, 3.63) is 108 Å². The Kier molecular flexibility index (Phi) is 8.08. The van der Waals surface area contributed by atoms with Gasteiger partial charge < -0.3 is 0 Å². The molecule has 6 heterocycles. The predicted octanol–water partition coefficient (Wildman–Crippen LogP) is 7.68. The molecule has 10 heteroatoms. The van der Waals surface area contributed by atoms with Crippen LogP contribution >= 0.6 is 34.3 Å². The first-order valence-corrected chi connectivity index (χ1v) is 13.8. The van der Waals surface area contributed by atoms with Crippen LogP contribution in [0.5, 0.6) is 0 Å². The van der Waals surface area contributed by atoms with E-state index in [4.69, 9.17) is 16.9 Å². The van der Waals surface area contributed by atoms with Gasteiger partial charge in [0.15, 0.2) is 0 Å². The van der Waals surface area contributed by atoms with Crippen molar-refractivity contribution in [3.8, 4) is 48.4 Å². The molecule has 0 N–H and O–H groups in total. The highest BCUT2D eigenvalue weighted by Gasteiger charge is 2.14. The Labute approximate surface area is 238 Å². The van der Waals surface area contributed by atoms with Crippen LogP contribution in [0.15, 0.2) is 85.5 Å². The zero-order valence-corrected chi connectivity index (χ0v) is 23.3. The third-order valence-electron chi connectivity index (χ3n) is 5.45. The summed E-state index contributed by atoms with van der Waals surface area (Å²) in [5.41, 5.74) is 5.94. The fourth-order valence-electron chi connectivity index (χ4n) is 3.65. The Morgan fingerprint density at radius 2 is 1.21 bits per heavy atom. The van der Waals surface area contributed by atoms with Crippen LogP contribution in [0.2, 0.25) is 5.15 Å². The van der Waals surface area contributed by atoms with Crippen LogP contribution in [-0.2, 0) is 0 Å². The van der Waals surface area contributed by atoms with E-state index in [-0.39, 0.29) is 0 Å². The van der Waals surface area contributed by atoms with E-state index in [9.17, 15) is 0 Å². The molecular formula is C29H20ClN7S2. The number of aryl methyl sites for hydroxylation is 2. The van der Waals surface area contributed by atoms with Gasteiger partial charge >= 0.3 is 0 Å². The SMILES string of the molecule is Cc1nc(-c2cccnc2)sc1-c1cccc(C#N)n1.Cc1nc(-c2cccnc2)sc1-c1cccc(Cl)n1. The number of hydrogen-bond acceptors (Lipinski definition) is 9. The molecule has 6 rings (SSSR count). The lowest BCUT2D eigenvalue weighted by molar-refractivity contribution is 1.23. The van der Waals surface area contributed by atoms with E-state index in [1.165, 1.54) is 0 Å². The maximum absolute atomic E-state index is 8.93. The van der Waals surface area contributed by atoms with E-state index in [1.807, 2.05) is 68.6 Å². The molecule has 39 heavy (non-hydrogen) atoms. The van der Waals surface area contributed by atoms with Gasteiger partial charge in [0, 0.05) is 35.9 Å². The van der Waals surface area contributed by atoms with Gasteiger partial charge in [-0.2, -0.15) is 5.26 Å². The zero-order chi connectivity index (χ0) is 27.2. The van der Waals surface area contributed by atoms with E-state index in [1.54, 1.807) is 53.4 Å². The molecule has 0 aliphatic carbocycles. The molecule has 7 nitrogen and oxygen atoms in total. The number of nitrogens with zero attached hydrogens (tertiary/aromatic N) is 7. The van der Waals surface area contributed by atoms with Crippen LogP contribution in [0.4, 0.5) is 0 Å². The molecule has 0 aliphatic rings. The molecule has 6 aromatic rings. The molecule has 0 radical (unpaired) electrons. The fourth-order valence-corrected chi connectivity index (χ4v) is 5.87. The van der Waals surface area contributed by atoms with Gasteiger partial charge in [0.05, 0.1) is 32.5 Å². The van der Waals surface area contributed by atoms with Gasteiger partial charge in [-0.3, -0.25) is 9.97 Å². The van der Waals surface area contributed by atoms with Crippen molar-refractivity contribution in [3.63, 3.8) is 0 Å². The van der Waals surface area contributed by atoms with Crippen LogP contribution in [0, 0.1) is 25.2 Å². The molecule has 0 amide bonds. The zero-order valence-electron chi connectivity index (χ0n) is 20.9. The van der Waals surface area contributed by atoms with Crippen molar-refractivity contribution in [2.75, 3.05) is 0 Å². The first-order chi connectivity index (χ1) is 19.0. The summed E-state index contributed by atoms with van der Waals surface area (Å²) in [6.45, 7) is 3.93. The molecule has 0 atom stereocenters. The van der Waals surface area contributed by atoms with Crippen molar-refractivity contribution in [2.45, 2.75) is 13.8 Å². The average molecular weight is 566 g/mol. The van der Waals surface area contributed by atoms with Crippen LogP contribution in [0.25, 0.3) is 42.3 Å². The minimum absolute atomic E-state index is 0.415. The second-order valence-corrected chi connectivity index (χ2v) is 10.6. The van der Waals surface area contributed by atoms with Crippen LogP contribution in [0.3, 0.4) is 0 Å². The maximum atomic E-state index is 8.93. The minimum atomic E-state index is 0.415. The summed E-state index contributed by atoms with van der Waals surface area (Å²) in [7, 11) is 0. The van der Waals surface area contributed by atoms with E-state index in [0.29, 0.717) is 10.8 Å². The largest absolute Gasteiger partial charge is 0.264 e. The Hall–Kier alpha value is -4.36. The Bertz CT molecular complexity index is 1760. The van der Waals surface area contributed by atoms with E-state index in [0.717, 1.165) is 53.7 Å². The summed E-state index contributed by atoms with van der Waals surface area (Å²) in [6.07, 6.45) is 7.10. The molecule has 6 aromatic heterocycles. The van der Waals surface area contributed by atoms with Crippen LogP contribution in [0.1, 0.15) is 17.1 Å². The summed E-state index contributed by atoms with van der Waals surface area (Å²) in [5.74, 6) is 0. The smallest absolute Gasteiger partial charge is 0.141 e. The number of thiazole rings is 2. The second-order valence-electron chi connectivity index (χ2n) is 8.22. The van der Waals surface area contributed by atoms with Crippen molar-refractivity contribution < 1.29 is 0 Å². The molecule has 0 saturated carbocycles. The fraction of sp³-hybridized carbons (Fsp3) is 0.0690. The predicted molar refractivity (Wildman–Crippen MR) is 156 cm³/mol. The molecule has 0 fully saturated rings. The molecule has 0 aromatic carbocycles. The van der Waals surface area contributed by atoms with Crippen molar-refractivity contribution >= 4 is 34.3 Å². The van der Waals surface area contributed by atoms with Gasteiger partial charge in [-0.15, -0.1) is 22.7 Å². The summed E-state index contributed by atoms with van der Waals surface area (Å²) in [4.78, 5) is 28.1. The first kappa shape index (κ1) is 26.3. The highest BCUT2D eigenvalue weighted by Crippen LogP contribution is 2.35. The second kappa shape index (κ2) is 12.0. The molecular weight excluding hydrogens is 546 g/mol. The normalized spacial score (nSPS) is 10.4. The molecule has 0 spiro atoms. The summed E-state index contributed by atoms with van der Waals surface area (Å²) in [5, 5.41) is 11.3. The molecule has 0 saturated heterocycles. The van der Waals surface area contributed by atoms with Crippen LogP contribution < -0.4 is 0 Å². The van der Waals surface area contributed by atoms with Gasteiger partial charge in [-0.25, -0.2) is 19.9 Å². The number of rotatable bonds is 4. The van der Waals surface area contributed by atoms with Crippen LogP contribution in [-0.4, -0.2) is 29.9 Å². The number of hydrogen-bond donors (Lipinski definition) is 0. The number of halogens is 1. The quantitative estimate of drug-likeness (QED) is 0.202. The number of nitriles is 1. The van der Waals surface area contributed by atoms with Gasteiger partial charge in [0.2, 0.25) is 0 Å². The average Bonchev–Trinajstić information content (AvgIpc) is 3.57. The Balaban J connectivity index is 0.000000158. The third-order valence-corrected chi connectivity index (χ3v) is 8.12. The van der Waals surface area contributed by atoms with Gasteiger partial charge in [-0.05, 0) is 62.4 Å². The van der Waals surface area contributed by atoms with Gasteiger partial charge in [0.1, 0.15) is 26.9 Å². The first-order valence-electron chi connectivity index (χ1n) is 11.8. The lowest BCUT2D eigenvalue weighted by Crippen LogP contribution is -1.86. The minimum Gasteiger partial charge on any atom is -0.264 e. The summed E-state index contributed by atoms with van der Waals surface area (Å²) < 4.78 is 0. The van der Waals surface area contributed by atoms with Gasteiger partial charge in [-0.1, -0.05) is 23.7 Å². The number of aromatic nitrogens is 6. The summed E-state index contributed by atoms with van der Waals surface area (Å²) >= 11 is 9.10. The molecule has 0 unspecified atom stereocenters. The molecule has 0 bridgehead atoms. The topological polar surface area (TPSA) is 101 Å². The Morgan fingerprint density at radius 3 is 1.69 bits per heavy atom. The maximum Gasteiger partial charge on any atom is 0.141 e. The number of pyridine rings is 4. The molecule has 190 valence electrons. The van der Waals surface area contributed by atoms with E-state index in [2.05, 4.69) is 36.0 Å². The van der Waals surface area contributed by atoms with Gasteiger partial charge in [0.25, 0.3) is 0 Å². The molecule has 0 aliphatic heterocycles.